The Labute approximate surface area is 68.8 Å². The van der Waals surface area contributed by atoms with Crippen LogP contribution in [-0.2, 0) is 0 Å². The fourth-order valence-electron chi connectivity index (χ4n) is 0.888. The van der Waals surface area contributed by atoms with Gasteiger partial charge in [0, 0.05) is 0 Å². The van der Waals surface area contributed by atoms with Gasteiger partial charge in [0.1, 0.15) is 0 Å². The summed E-state index contributed by atoms with van der Waals surface area (Å²) in [5, 5.41) is 7.16. The van der Waals surface area contributed by atoms with Gasteiger partial charge in [0.2, 0.25) is 11.3 Å². The molecule has 0 atom stereocenters. The van der Waals surface area contributed by atoms with Crippen molar-refractivity contribution in [3.05, 3.63) is 11.9 Å². The van der Waals surface area contributed by atoms with Gasteiger partial charge in [-0.1, -0.05) is 13.8 Å². The Bertz CT molecular complexity index is 395. The Morgan fingerprint density at radius 1 is 1.25 bits per heavy atom. The van der Waals surface area contributed by atoms with Gasteiger partial charge in [0.05, 0.1) is 11.9 Å². The molecule has 0 aliphatic carbocycles. The van der Waals surface area contributed by atoms with Gasteiger partial charge in [-0.15, -0.1) is 0 Å². The van der Waals surface area contributed by atoms with E-state index in [9.17, 15) is 0 Å². The molecule has 0 unspecified atom stereocenters. The maximum Gasteiger partial charge on any atom is 0.243 e. The van der Waals surface area contributed by atoms with Crippen molar-refractivity contribution >= 4 is 11.3 Å². The van der Waals surface area contributed by atoms with Crippen molar-refractivity contribution in [2.45, 2.75) is 19.8 Å². The van der Waals surface area contributed by atoms with E-state index in [2.05, 4.69) is 24.9 Å². The second-order valence-electron chi connectivity index (χ2n) is 2.86. The summed E-state index contributed by atoms with van der Waals surface area (Å²) in [5.74, 6) is 0.346. The first-order valence-electron chi connectivity index (χ1n) is 3.72. The summed E-state index contributed by atoms with van der Waals surface area (Å²) in [4.78, 5) is 8.24. The third-order valence-corrected chi connectivity index (χ3v) is 1.60. The molecule has 0 radical (unpaired) electrons. The first-order chi connectivity index (χ1) is 5.77. The van der Waals surface area contributed by atoms with Crippen molar-refractivity contribution in [3.63, 3.8) is 0 Å². The van der Waals surface area contributed by atoms with E-state index in [0.717, 1.165) is 5.69 Å². The summed E-state index contributed by atoms with van der Waals surface area (Å²) in [6.45, 7) is 4.09. The molecule has 0 aromatic carbocycles. The number of rotatable bonds is 1. The van der Waals surface area contributed by atoms with Crippen molar-refractivity contribution < 1.29 is 4.63 Å². The van der Waals surface area contributed by atoms with Crippen molar-refractivity contribution in [1.29, 1.82) is 0 Å². The lowest BCUT2D eigenvalue weighted by atomic mass is 10.1. The average molecular weight is 164 g/mol. The highest BCUT2D eigenvalue weighted by Gasteiger charge is 2.06. The van der Waals surface area contributed by atoms with Crippen LogP contribution in [0.3, 0.4) is 0 Å². The summed E-state index contributed by atoms with van der Waals surface area (Å²) >= 11 is 0. The summed E-state index contributed by atoms with van der Waals surface area (Å²) in [6, 6.07) is 0. The highest BCUT2D eigenvalue weighted by molar-refractivity contribution is 5.62. The Kier molecular flexibility index (Phi) is 1.49. The van der Waals surface area contributed by atoms with Crippen LogP contribution in [0, 0.1) is 0 Å². The fraction of sp³-hybridized carbons (Fsp3) is 0.429. The normalized spacial score (nSPS) is 11.2. The van der Waals surface area contributed by atoms with Crippen LogP contribution >= 0.6 is 0 Å². The number of aromatic nitrogens is 4. The largest absolute Gasteiger partial charge is 0.243 e. The van der Waals surface area contributed by atoms with Gasteiger partial charge in [-0.2, -0.15) is 0 Å². The van der Waals surface area contributed by atoms with E-state index in [1.165, 1.54) is 0 Å². The van der Waals surface area contributed by atoms with Crippen LogP contribution in [0.15, 0.2) is 10.8 Å². The van der Waals surface area contributed by atoms with Crippen molar-refractivity contribution in [2.24, 2.45) is 0 Å². The minimum absolute atomic E-state index is 0.346. The van der Waals surface area contributed by atoms with Gasteiger partial charge in [-0.3, -0.25) is 0 Å². The zero-order valence-corrected chi connectivity index (χ0v) is 6.85. The minimum atomic E-state index is 0.346. The molecular formula is C7H8N4O. The molecule has 2 aromatic heterocycles. The van der Waals surface area contributed by atoms with E-state index in [1.54, 1.807) is 6.20 Å². The molecule has 5 heteroatoms. The molecule has 2 heterocycles. The smallest absolute Gasteiger partial charge is 0.240 e. The highest BCUT2D eigenvalue weighted by atomic mass is 16.6. The number of nitrogens with zero attached hydrogens (tertiary/aromatic N) is 4. The zero-order chi connectivity index (χ0) is 8.55. The second kappa shape index (κ2) is 2.51. The summed E-state index contributed by atoms with van der Waals surface area (Å²) in [6.07, 6.45) is 1.69. The van der Waals surface area contributed by atoms with Gasteiger partial charge < -0.3 is 0 Å². The third-order valence-electron chi connectivity index (χ3n) is 1.60. The Morgan fingerprint density at radius 3 is 2.75 bits per heavy atom. The quantitative estimate of drug-likeness (QED) is 0.632. The molecule has 5 nitrogen and oxygen atoms in total. The maximum atomic E-state index is 4.47. The second-order valence-corrected chi connectivity index (χ2v) is 2.86. The van der Waals surface area contributed by atoms with Gasteiger partial charge in [-0.05, 0) is 16.2 Å². The predicted molar refractivity (Wildman–Crippen MR) is 41.5 cm³/mol. The fourth-order valence-corrected chi connectivity index (χ4v) is 0.888. The van der Waals surface area contributed by atoms with Gasteiger partial charge >= 0.3 is 0 Å². The van der Waals surface area contributed by atoms with E-state index in [1.807, 2.05) is 13.8 Å². The summed E-state index contributed by atoms with van der Waals surface area (Å²) < 4.78 is 4.47. The molecule has 0 bridgehead atoms. The van der Waals surface area contributed by atoms with Crippen LogP contribution in [0.5, 0.6) is 0 Å². The molecule has 0 fully saturated rings. The topological polar surface area (TPSA) is 64.7 Å². The molecule has 0 aliphatic heterocycles. The van der Waals surface area contributed by atoms with E-state index in [0.29, 0.717) is 17.2 Å². The molecular weight excluding hydrogens is 156 g/mol. The predicted octanol–water partition coefficient (Wildman–Crippen LogP) is 1.14. The van der Waals surface area contributed by atoms with E-state index in [4.69, 9.17) is 0 Å². The summed E-state index contributed by atoms with van der Waals surface area (Å²) in [5.41, 5.74) is 1.83. The Morgan fingerprint density at radius 2 is 2.00 bits per heavy atom. The van der Waals surface area contributed by atoms with Crippen LogP contribution in [-0.4, -0.2) is 20.3 Å². The molecule has 0 aliphatic rings. The Hall–Kier alpha value is -1.52. The van der Waals surface area contributed by atoms with E-state index >= 15 is 0 Å². The molecule has 0 N–H and O–H groups in total. The molecule has 0 saturated heterocycles. The van der Waals surface area contributed by atoms with E-state index in [-0.39, 0.29) is 0 Å². The summed E-state index contributed by atoms with van der Waals surface area (Å²) in [7, 11) is 0. The molecule has 0 saturated carbocycles. The minimum Gasteiger partial charge on any atom is -0.240 e. The number of hydrogen-bond donors (Lipinski definition) is 0. The number of fused-ring (bicyclic) bond motifs is 1. The highest BCUT2D eigenvalue weighted by Crippen LogP contribution is 2.11. The molecule has 12 heavy (non-hydrogen) atoms. The lowest BCUT2D eigenvalue weighted by Crippen LogP contribution is -1.94. The molecule has 0 spiro atoms. The first kappa shape index (κ1) is 7.15. The number of hydrogen-bond acceptors (Lipinski definition) is 5. The first-order valence-corrected chi connectivity index (χ1v) is 3.72. The van der Waals surface area contributed by atoms with Crippen molar-refractivity contribution in [3.8, 4) is 0 Å². The molecule has 0 amide bonds. The lowest BCUT2D eigenvalue weighted by molar-refractivity contribution is 0.314. The monoisotopic (exact) mass is 164 g/mol. The SMILES string of the molecule is CC(C)c1cnc2nonc2n1. The average Bonchev–Trinajstić information content (AvgIpc) is 2.49. The third kappa shape index (κ3) is 1.03. The van der Waals surface area contributed by atoms with Crippen molar-refractivity contribution in [2.75, 3.05) is 0 Å². The van der Waals surface area contributed by atoms with Crippen LogP contribution < -0.4 is 0 Å². The van der Waals surface area contributed by atoms with Gasteiger partial charge in [0.15, 0.2) is 0 Å². The maximum absolute atomic E-state index is 4.47. The van der Waals surface area contributed by atoms with E-state index < -0.39 is 0 Å². The van der Waals surface area contributed by atoms with Gasteiger partial charge in [0.25, 0.3) is 0 Å². The van der Waals surface area contributed by atoms with Crippen LogP contribution in [0.2, 0.25) is 0 Å². The van der Waals surface area contributed by atoms with Crippen LogP contribution in [0.25, 0.3) is 11.3 Å². The van der Waals surface area contributed by atoms with Crippen LogP contribution in [0.1, 0.15) is 25.5 Å². The van der Waals surface area contributed by atoms with Crippen molar-refractivity contribution in [1.82, 2.24) is 20.3 Å². The Balaban J connectivity index is 2.60. The van der Waals surface area contributed by atoms with Crippen LogP contribution in [0.4, 0.5) is 0 Å². The molecule has 2 rings (SSSR count). The standard InChI is InChI=1S/C7H8N4O/c1-4(2)5-3-8-6-7(9-5)11-12-10-6/h3-4H,1-2H3. The van der Waals surface area contributed by atoms with Gasteiger partial charge in [-0.25, -0.2) is 14.6 Å². The zero-order valence-electron chi connectivity index (χ0n) is 6.85. The lowest BCUT2D eigenvalue weighted by Gasteiger charge is -1.99. The molecule has 62 valence electrons. The molecule has 2 aromatic rings.